The summed E-state index contributed by atoms with van der Waals surface area (Å²) >= 11 is 6.19. The molecule has 5 heteroatoms. The molecule has 0 saturated heterocycles. The monoisotopic (exact) mass is 251 g/mol. The number of halogens is 1. The number of hydrogen-bond acceptors (Lipinski definition) is 4. The molecule has 0 unspecified atom stereocenters. The van der Waals surface area contributed by atoms with Gasteiger partial charge in [-0.25, -0.2) is 4.98 Å². The summed E-state index contributed by atoms with van der Waals surface area (Å²) in [4.78, 5) is 15.8. The lowest BCUT2D eigenvalue weighted by Crippen LogP contribution is -1.86. The summed E-state index contributed by atoms with van der Waals surface area (Å²) < 4.78 is 1.58. The molecular weight excluding hydrogens is 246 g/mol. The first-order chi connectivity index (χ1) is 5.15. The van der Waals surface area contributed by atoms with Crippen molar-refractivity contribution in [2.24, 2.45) is 0 Å². The van der Waals surface area contributed by atoms with Crippen molar-refractivity contribution in [3.8, 4) is 0 Å². The van der Waals surface area contributed by atoms with Crippen LogP contribution < -0.4 is 0 Å². The van der Waals surface area contributed by atoms with Gasteiger partial charge in [-0.15, -0.1) is 11.3 Å². The van der Waals surface area contributed by atoms with Gasteiger partial charge in [0.2, 0.25) is 0 Å². The van der Waals surface area contributed by atoms with Crippen LogP contribution in [0.5, 0.6) is 0 Å². The molecule has 0 atom stereocenters. The summed E-state index contributed by atoms with van der Waals surface area (Å²) in [5.41, 5.74) is 0. The lowest BCUT2D eigenvalue weighted by atomic mass is 10.4. The van der Waals surface area contributed by atoms with Gasteiger partial charge >= 0.3 is 0 Å². The van der Waals surface area contributed by atoms with Crippen molar-refractivity contribution < 1.29 is 4.79 Å². The Kier molecular flexibility index (Phi) is 3.09. The Morgan fingerprint density at radius 3 is 2.64 bits per heavy atom. The van der Waals surface area contributed by atoms with Gasteiger partial charge in [-0.2, -0.15) is 0 Å². The molecule has 1 aromatic heterocycles. The highest BCUT2D eigenvalue weighted by atomic mass is 79.9. The molecule has 0 fully saturated rings. The maximum Gasteiger partial charge on any atom is 0.172 e. The van der Waals surface area contributed by atoms with E-state index >= 15 is 0 Å². The van der Waals surface area contributed by atoms with E-state index in [9.17, 15) is 4.79 Å². The summed E-state index contributed by atoms with van der Waals surface area (Å²) in [6.45, 7) is 1.54. The van der Waals surface area contributed by atoms with Crippen LogP contribution in [0.3, 0.4) is 0 Å². The number of rotatable bonds is 2. The van der Waals surface area contributed by atoms with Gasteiger partial charge in [0.15, 0.2) is 10.1 Å². The van der Waals surface area contributed by atoms with Gasteiger partial charge in [-0.3, -0.25) is 4.79 Å². The Bertz CT molecular complexity index is 284. The molecule has 2 nitrogen and oxygen atoms in total. The van der Waals surface area contributed by atoms with Crippen LogP contribution in [0.2, 0.25) is 0 Å². The fraction of sp³-hybridized carbons (Fsp3) is 0.333. The molecule has 11 heavy (non-hydrogen) atoms. The molecule has 0 aliphatic rings. The zero-order valence-corrected chi connectivity index (χ0v) is 9.27. The van der Waals surface area contributed by atoms with Crippen molar-refractivity contribution >= 4 is 44.8 Å². The van der Waals surface area contributed by atoms with Gasteiger partial charge < -0.3 is 0 Å². The highest BCUT2D eigenvalue weighted by molar-refractivity contribution is 9.10. The quantitative estimate of drug-likeness (QED) is 0.598. The predicted octanol–water partition coefficient (Wildman–Crippen LogP) is 2.83. The lowest BCUT2D eigenvalue weighted by molar-refractivity contribution is 0.102. The predicted molar refractivity (Wildman–Crippen MR) is 51.6 cm³/mol. The number of hydrogen-bond donors (Lipinski definition) is 0. The third kappa shape index (κ3) is 2.04. The fourth-order valence-corrected chi connectivity index (χ4v) is 2.87. The van der Waals surface area contributed by atoms with E-state index in [4.69, 9.17) is 0 Å². The molecule has 0 aliphatic heterocycles. The van der Waals surface area contributed by atoms with E-state index in [0.29, 0.717) is 9.48 Å². The largest absolute Gasteiger partial charge is 0.293 e. The van der Waals surface area contributed by atoms with Crippen LogP contribution in [0.25, 0.3) is 0 Å². The summed E-state index contributed by atoms with van der Waals surface area (Å²) in [7, 11) is 0. The maximum absolute atomic E-state index is 10.9. The number of carbonyl (C=O) groups is 1. The topological polar surface area (TPSA) is 30.0 Å². The summed E-state index contributed by atoms with van der Waals surface area (Å²) in [6.07, 6.45) is 1.94. The van der Waals surface area contributed by atoms with Crippen molar-refractivity contribution in [1.29, 1.82) is 0 Å². The molecule has 0 radical (unpaired) electrons. The van der Waals surface area contributed by atoms with E-state index in [1.165, 1.54) is 11.3 Å². The Morgan fingerprint density at radius 2 is 2.36 bits per heavy atom. The number of nitrogens with zero attached hydrogens (tertiary/aromatic N) is 1. The van der Waals surface area contributed by atoms with Crippen LogP contribution in [0.1, 0.15) is 16.6 Å². The van der Waals surface area contributed by atoms with Crippen LogP contribution in [0.4, 0.5) is 0 Å². The van der Waals surface area contributed by atoms with Gasteiger partial charge in [0, 0.05) is 6.92 Å². The van der Waals surface area contributed by atoms with Gasteiger partial charge in [0.05, 0.1) is 0 Å². The third-order valence-electron chi connectivity index (χ3n) is 1.06. The van der Waals surface area contributed by atoms with Gasteiger partial charge in [0.25, 0.3) is 0 Å². The first kappa shape index (κ1) is 9.22. The number of ketones is 1. The van der Waals surface area contributed by atoms with Crippen molar-refractivity contribution in [2.45, 2.75) is 11.3 Å². The van der Waals surface area contributed by atoms with Gasteiger partial charge in [0.1, 0.15) is 9.48 Å². The van der Waals surface area contributed by atoms with E-state index in [-0.39, 0.29) is 5.78 Å². The van der Waals surface area contributed by atoms with E-state index in [2.05, 4.69) is 20.9 Å². The molecule has 0 saturated carbocycles. The second-order valence-electron chi connectivity index (χ2n) is 1.86. The van der Waals surface area contributed by atoms with Crippen LogP contribution in [0, 0.1) is 0 Å². The van der Waals surface area contributed by atoms with Crippen LogP contribution in [-0.2, 0) is 0 Å². The first-order valence-electron chi connectivity index (χ1n) is 2.86. The average molecular weight is 252 g/mol. The third-order valence-corrected chi connectivity index (χ3v) is 4.04. The first-order valence-corrected chi connectivity index (χ1v) is 5.70. The summed E-state index contributed by atoms with van der Waals surface area (Å²) in [6, 6.07) is 0. The molecule has 0 spiro atoms. The number of Topliss-reactive ketones (excluding diaryl/α,β-unsaturated/α-hetero) is 1. The van der Waals surface area contributed by atoms with Crippen molar-refractivity contribution in [3.63, 3.8) is 0 Å². The smallest absolute Gasteiger partial charge is 0.172 e. The Hall–Kier alpha value is 0.130. The molecule has 0 amide bonds. The highest BCUT2D eigenvalue weighted by Crippen LogP contribution is 2.29. The minimum absolute atomic E-state index is 0.0645. The number of thioether (sulfide) groups is 1. The molecular formula is C6H6BrNOS2. The van der Waals surface area contributed by atoms with Gasteiger partial charge in [-0.05, 0) is 22.2 Å². The van der Waals surface area contributed by atoms with Crippen molar-refractivity contribution in [3.05, 3.63) is 9.48 Å². The van der Waals surface area contributed by atoms with Crippen molar-refractivity contribution in [2.75, 3.05) is 6.26 Å². The molecule has 1 rings (SSSR count). The van der Waals surface area contributed by atoms with Gasteiger partial charge in [-0.1, -0.05) is 11.8 Å². The molecule has 0 N–H and O–H groups in total. The lowest BCUT2D eigenvalue weighted by Gasteiger charge is -1.84. The Labute approximate surface area is 81.5 Å². The molecule has 1 heterocycles. The standard InChI is InChI=1S/C6H6BrNOS2/c1-3(9)4-5(7)8-6(10-2)11-4/h1-2H3. The average Bonchev–Trinajstić information content (AvgIpc) is 2.30. The van der Waals surface area contributed by atoms with E-state index in [0.717, 1.165) is 4.34 Å². The van der Waals surface area contributed by atoms with E-state index < -0.39 is 0 Å². The van der Waals surface area contributed by atoms with Crippen LogP contribution >= 0.6 is 39.0 Å². The van der Waals surface area contributed by atoms with Crippen molar-refractivity contribution in [1.82, 2.24) is 4.98 Å². The SMILES string of the molecule is CSc1nc(Br)c(C(C)=O)s1. The van der Waals surface area contributed by atoms with Crippen LogP contribution in [-0.4, -0.2) is 17.0 Å². The minimum Gasteiger partial charge on any atom is -0.293 e. The molecule has 1 aromatic rings. The molecule has 0 bridgehead atoms. The molecule has 60 valence electrons. The minimum atomic E-state index is 0.0645. The molecule has 0 aromatic carbocycles. The Morgan fingerprint density at radius 1 is 1.73 bits per heavy atom. The Balaban J connectivity index is 3.07. The summed E-state index contributed by atoms with van der Waals surface area (Å²) in [5, 5.41) is 0. The zero-order chi connectivity index (χ0) is 8.43. The van der Waals surface area contributed by atoms with E-state index in [1.54, 1.807) is 18.7 Å². The maximum atomic E-state index is 10.9. The zero-order valence-electron chi connectivity index (χ0n) is 6.05. The fourth-order valence-electron chi connectivity index (χ4n) is 0.588. The second kappa shape index (κ2) is 3.69. The summed E-state index contributed by atoms with van der Waals surface area (Å²) in [5.74, 6) is 0.0645. The molecule has 0 aliphatic carbocycles. The second-order valence-corrected chi connectivity index (χ2v) is 4.66. The highest BCUT2D eigenvalue weighted by Gasteiger charge is 2.11. The van der Waals surface area contributed by atoms with Crippen LogP contribution in [0.15, 0.2) is 8.94 Å². The van der Waals surface area contributed by atoms with E-state index in [1.807, 2.05) is 6.26 Å². The number of carbonyl (C=O) groups excluding carboxylic acids is 1. The number of thiazole rings is 1. The number of aromatic nitrogens is 1. The normalized spacial score (nSPS) is 10.1.